The van der Waals surface area contributed by atoms with Crippen molar-refractivity contribution < 1.29 is 19.4 Å². The second kappa shape index (κ2) is 7.64. The predicted octanol–water partition coefficient (Wildman–Crippen LogP) is 2.01. The largest absolute Gasteiger partial charge is 0.550 e. The average Bonchev–Trinajstić information content (AvgIpc) is 2.97. The molecule has 1 saturated carbocycles. The van der Waals surface area contributed by atoms with Gasteiger partial charge in [-0.05, 0) is 18.9 Å². The van der Waals surface area contributed by atoms with E-state index in [4.69, 9.17) is 15.2 Å². The summed E-state index contributed by atoms with van der Waals surface area (Å²) in [7, 11) is 0. The summed E-state index contributed by atoms with van der Waals surface area (Å²) in [4.78, 5) is 10.7. The van der Waals surface area contributed by atoms with Crippen LogP contribution in [0.5, 0.6) is 0 Å². The van der Waals surface area contributed by atoms with Gasteiger partial charge in [0, 0.05) is 36.2 Å². The molecule has 0 bridgehead atoms. The van der Waals surface area contributed by atoms with E-state index in [9.17, 15) is 9.90 Å². The smallest absolute Gasteiger partial charge is 0.168 e. The van der Waals surface area contributed by atoms with Gasteiger partial charge < -0.3 is 25.1 Å². The maximum Gasteiger partial charge on any atom is 0.168 e. The fraction of sp³-hybridized carbons (Fsp3) is 0.632. The Kier molecular flexibility index (Phi) is 6.01. The van der Waals surface area contributed by atoms with Crippen LogP contribution in [0.15, 0.2) is 30.3 Å². The summed E-state index contributed by atoms with van der Waals surface area (Å²) in [6, 6.07) is 10.2. The van der Waals surface area contributed by atoms with Crippen molar-refractivity contribution >= 4 is 5.97 Å². The van der Waals surface area contributed by atoms with Gasteiger partial charge in [-0.15, -0.1) is 0 Å². The fourth-order valence-electron chi connectivity index (χ4n) is 2.93. The molecule has 0 unspecified atom stereocenters. The van der Waals surface area contributed by atoms with Crippen molar-refractivity contribution in [3.05, 3.63) is 35.9 Å². The van der Waals surface area contributed by atoms with Gasteiger partial charge in [-0.1, -0.05) is 44.2 Å². The predicted molar refractivity (Wildman–Crippen MR) is 89.8 cm³/mol. The molecule has 1 heterocycles. The second-order valence-corrected chi connectivity index (χ2v) is 7.61. The molecule has 1 spiro atoms. The summed E-state index contributed by atoms with van der Waals surface area (Å²) < 4.78 is 11.4. The van der Waals surface area contributed by atoms with Crippen molar-refractivity contribution in [2.45, 2.75) is 51.9 Å². The minimum absolute atomic E-state index is 0.0325. The molecule has 2 atom stereocenters. The molecule has 0 aromatic heterocycles. The highest BCUT2D eigenvalue weighted by Crippen LogP contribution is 2.42. The molecule has 1 saturated heterocycles. The first-order valence-electron chi connectivity index (χ1n) is 8.52. The summed E-state index contributed by atoms with van der Waals surface area (Å²) in [6.45, 7) is 7.39. The molecule has 5 heteroatoms. The lowest BCUT2D eigenvalue weighted by molar-refractivity contribution is -0.317. The lowest BCUT2D eigenvalue weighted by atomic mass is 9.94. The van der Waals surface area contributed by atoms with Crippen LogP contribution < -0.4 is 10.8 Å². The van der Waals surface area contributed by atoms with Gasteiger partial charge in [-0.3, -0.25) is 0 Å². The zero-order chi connectivity index (χ0) is 17.8. The molecule has 134 valence electrons. The standard InChI is InChI=1S/C11H18O4.C8H11N/c1-10(2)6-14-11(15-7-10)4-3-8(5-11)9(12)13;1-7(9)8-5-3-2-4-6-8/h8H,3-7H2,1-2H3,(H,12,13);2-7H,9H2,1H3/p-1/t8-;7-/m00/s1. The molecule has 2 fully saturated rings. The van der Waals surface area contributed by atoms with Gasteiger partial charge in [0.1, 0.15) is 0 Å². The minimum atomic E-state index is -0.982. The molecule has 1 aliphatic heterocycles. The second-order valence-electron chi connectivity index (χ2n) is 7.61. The highest BCUT2D eigenvalue weighted by molar-refractivity contribution is 5.68. The van der Waals surface area contributed by atoms with Gasteiger partial charge in [-0.2, -0.15) is 0 Å². The lowest BCUT2D eigenvalue weighted by Crippen LogP contribution is -2.46. The van der Waals surface area contributed by atoms with Crippen LogP contribution in [0.4, 0.5) is 0 Å². The molecule has 5 nitrogen and oxygen atoms in total. The van der Waals surface area contributed by atoms with Crippen molar-refractivity contribution in [3.63, 3.8) is 0 Å². The number of carbonyl (C=O) groups is 1. The van der Waals surface area contributed by atoms with Crippen LogP contribution in [-0.4, -0.2) is 25.0 Å². The number of nitrogens with two attached hydrogens (primary N) is 1. The van der Waals surface area contributed by atoms with Crippen molar-refractivity contribution in [2.75, 3.05) is 13.2 Å². The molecule has 1 aromatic rings. The molecular weight excluding hydrogens is 306 g/mol. The van der Waals surface area contributed by atoms with Gasteiger partial charge >= 0.3 is 0 Å². The van der Waals surface area contributed by atoms with Gasteiger partial charge in [0.2, 0.25) is 0 Å². The first-order chi connectivity index (χ1) is 11.2. The first kappa shape index (κ1) is 18.9. The van der Waals surface area contributed by atoms with Crippen molar-refractivity contribution in [1.82, 2.24) is 0 Å². The fourth-order valence-corrected chi connectivity index (χ4v) is 2.93. The van der Waals surface area contributed by atoms with Crippen molar-refractivity contribution in [2.24, 2.45) is 17.1 Å². The lowest BCUT2D eigenvalue weighted by Gasteiger charge is -2.41. The highest BCUT2D eigenvalue weighted by atomic mass is 16.7. The van der Waals surface area contributed by atoms with E-state index in [0.717, 1.165) is 0 Å². The van der Waals surface area contributed by atoms with Gasteiger partial charge in [0.25, 0.3) is 0 Å². The zero-order valence-electron chi connectivity index (χ0n) is 14.8. The quantitative estimate of drug-likeness (QED) is 0.894. The minimum Gasteiger partial charge on any atom is -0.550 e. The summed E-state index contributed by atoms with van der Waals surface area (Å²) in [6.07, 6.45) is 1.70. The van der Waals surface area contributed by atoms with Gasteiger partial charge in [-0.25, -0.2) is 0 Å². The number of aliphatic carboxylic acids is 1. The van der Waals surface area contributed by atoms with Crippen molar-refractivity contribution in [3.8, 4) is 0 Å². The topological polar surface area (TPSA) is 84.6 Å². The molecule has 24 heavy (non-hydrogen) atoms. The third-order valence-corrected chi connectivity index (χ3v) is 4.54. The summed E-state index contributed by atoms with van der Waals surface area (Å²) >= 11 is 0. The number of carboxylic acid groups (broad SMARTS) is 1. The number of rotatable bonds is 2. The van der Waals surface area contributed by atoms with E-state index < -0.39 is 17.7 Å². The van der Waals surface area contributed by atoms with E-state index in [2.05, 4.69) is 13.8 Å². The van der Waals surface area contributed by atoms with Crippen LogP contribution in [-0.2, 0) is 14.3 Å². The molecule has 1 aliphatic carbocycles. The molecule has 1 aromatic carbocycles. The van der Waals surface area contributed by atoms with Crippen LogP contribution in [0.1, 0.15) is 51.6 Å². The zero-order valence-corrected chi connectivity index (χ0v) is 14.8. The molecule has 2 aliphatic rings. The Morgan fingerprint density at radius 1 is 1.25 bits per heavy atom. The van der Waals surface area contributed by atoms with Crippen LogP contribution in [0.25, 0.3) is 0 Å². The number of benzene rings is 1. The van der Waals surface area contributed by atoms with Crippen LogP contribution in [0.2, 0.25) is 0 Å². The Labute approximate surface area is 144 Å². The summed E-state index contributed by atoms with van der Waals surface area (Å²) in [5.74, 6) is -2.03. The average molecular weight is 334 g/mol. The number of hydrogen-bond donors (Lipinski definition) is 1. The maximum absolute atomic E-state index is 10.7. The highest BCUT2D eigenvalue weighted by Gasteiger charge is 2.46. The summed E-state index contributed by atoms with van der Waals surface area (Å²) in [5, 5.41) is 10.7. The SMILES string of the molecule is CC1(C)COC2(CC[C@H](C(=O)[O-])C2)OC1.C[C@H](N)c1ccccc1. The molecule has 0 amide bonds. The van der Waals surface area contributed by atoms with Crippen molar-refractivity contribution in [1.29, 1.82) is 0 Å². The number of carbonyl (C=O) groups excluding carboxylic acids is 1. The van der Waals surface area contributed by atoms with E-state index in [1.165, 1.54) is 5.56 Å². The monoisotopic (exact) mass is 334 g/mol. The Morgan fingerprint density at radius 3 is 2.25 bits per heavy atom. The first-order valence-corrected chi connectivity index (χ1v) is 8.52. The number of carboxylic acids is 1. The van der Waals surface area contributed by atoms with E-state index >= 15 is 0 Å². The maximum atomic E-state index is 10.7. The Balaban J connectivity index is 0.000000198. The molecule has 3 rings (SSSR count). The molecular formula is C19H28NO4-. The van der Waals surface area contributed by atoms with Crippen LogP contribution in [0, 0.1) is 11.3 Å². The Bertz CT molecular complexity index is 532. The van der Waals surface area contributed by atoms with Crippen LogP contribution in [0.3, 0.4) is 0 Å². The third kappa shape index (κ3) is 5.03. The van der Waals surface area contributed by atoms with E-state index in [1.807, 2.05) is 37.3 Å². The molecule has 0 radical (unpaired) electrons. The Hall–Kier alpha value is -1.43. The summed E-state index contributed by atoms with van der Waals surface area (Å²) in [5.41, 5.74) is 6.84. The normalized spacial score (nSPS) is 25.6. The molecule has 2 N–H and O–H groups in total. The number of hydrogen-bond acceptors (Lipinski definition) is 5. The Morgan fingerprint density at radius 2 is 1.83 bits per heavy atom. The van der Waals surface area contributed by atoms with E-state index in [0.29, 0.717) is 32.5 Å². The third-order valence-electron chi connectivity index (χ3n) is 4.54. The van der Waals surface area contributed by atoms with E-state index in [1.54, 1.807) is 0 Å². The van der Waals surface area contributed by atoms with Gasteiger partial charge in [0.05, 0.1) is 13.2 Å². The number of ether oxygens (including phenoxy) is 2. The van der Waals surface area contributed by atoms with Gasteiger partial charge in [0.15, 0.2) is 5.79 Å². The van der Waals surface area contributed by atoms with E-state index in [-0.39, 0.29) is 11.5 Å². The van der Waals surface area contributed by atoms with Crippen LogP contribution >= 0.6 is 0 Å².